The molecule has 3 rings (SSSR count). The summed E-state index contributed by atoms with van der Waals surface area (Å²) in [6.45, 7) is 3.76. The third-order valence-electron chi connectivity index (χ3n) is 4.43. The van der Waals surface area contributed by atoms with Gasteiger partial charge in [0.15, 0.2) is 5.96 Å². The van der Waals surface area contributed by atoms with Gasteiger partial charge in [-0.2, -0.15) is 0 Å². The average molecular weight is 399 g/mol. The highest BCUT2D eigenvalue weighted by Crippen LogP contribution is 2.20. The second-order valence-electron chi connectivity index (χ2n) is 6.51. The first-order valence-corrected chi connectivity index (χ1v) is 10.8. The molecule has 2 N–H and O–H groups in total. The van der Waals surface area contributed by atoms with E-state index < -0.39 is 10.8 Å². The molecule has 6 nitrogen and oxygen atoms in total. The highest BCUT2D eigenvalue weighted by Gasteiger charge is 2.31. The van der Waals surface area contributed by atoms with Crippen molar-refractivity contribution in [2.24, 2.45) is 4.99 Å². The highest BCUT2D eigenvalue weighted by atomic mass is 32.2. The Morgan fingerprint density at radius 2 is 1.82 bits per heavy atom. The molecule has 2 unspecified atom stereocenters. The first kappa shape index (κ1) is 20.1. The van der Waals surface area contributed by atoms with Crippen molar-refractivity contribution in [1.82, 2.24) is 10.6 Å². The fraction of sp³-hybridized carbons (Fsp3) is 0.333. The lowest BCUT2D eigenvalue weighted by atomic mass is 10.2. The summed E-state index contributed by atoms with van der Waals surface area (Å²) in [5.74, 6) is 1.21. The van der Waals surface area contributed by atoms with Crippen molar-refractivity contribution in [2.75, 3.05) is 30.3 Å². The van der Waals surface area contributed by atoms with Crippen LogP contribution in [0.15, 0.2) is 70.6 Å². The molecule has 0 spiro atoms. The van der Waals surface area contributed by atoms with Crippen LogP contribution >= 0.6 is 0 Å². The Morgan fingerprint density at radius 1 is 1.14 bits per heavy atom. The molecule has 28 heavy (non-hydrogen) atoms. The minimum atomic E-state index is -1.07. The minimum Gasteiger partial charge on any atom is -0.357 e. The Morgan fingerprint density at radius 3 is 2.50 bits per heavy atom. The number of nitrogens with one attached hydrogen (secondary N) is 2. The van der Waals surface area contributed by atoms with Crippen LogP contribution in [-0.2, 0) is 15.6 Å². The molecule has 1 aliphatic heterocycles. The summed E-state index contributed by atoms with van der Waals surface area (Å²) < 4.78 is 12.3. The molecule has 0 aliphatic carbocycles. The quantitative estimate of drug-likeness (QED) is 0.554. The van der Waals surface area contributed by atoms with Gasteiger partial charge in [-0.3, -0.25) is 14.0 Å². The molecule has 1 heterocycles. The van der Waals surface area contributed by atoms with Crippen LogP contribution in [0.5, 0.6) is 0 Å². The number of para-hydroxylation sites is 1. The van der Waals surface area contributed by atoms with E-state index in [2.05, 4.69) is 15.6 Å². The first-order valence-electron chi connectivity index (χ1n) is 9.51. The van der Waals surface area contributed by atoms with E-state index in [1.165, 1.54) is 0 Å². The SMILES string of the molecule is CCNC(=NCCS(=O)c1ccccc1)NC1CC(=O)N(c2ccccc2)C1. The van der Waals surface area contributed by atoms with Gasteiger partial charge >= 0.3 is 0 Å². The van der Waals surface area contributed by atoms with Crippen molar-refractivity contribution in [2.45, 2.75) is 24.3 Å². The number of carbonyl (C=O) groups is 1. The largest absolute Gasteiger partial charge is 0.357 e. The predicted molar refractivity (Wildman–Crippen MR) is 114 cm³/mol. The molecular weight excluding hydrogens is 372 g/mol. The van der Waals surface area contributed by atoms with Crippen molar-refractivity contribution in [3.8, 4) is 0 Å². The third kappa shape index (κ3) is 5.42. The zero-order valence-corrected chi connectivity index (χ0v) is 16.8. The van der Waals surface area contributed by atoms with Gasteiger partial charge in [0.25, 0.3) is 0 Å². The fourth-order valence-corrected chi connectivity index (χ4v) is 4.06. The number of guanidine groups is 1. The van der Waals surface area contributed by atoms with Gasteiger partial charge in [-0.1, -0.05) is 36.4 Å². The zero-order chi connectivity index (χ0) is 19.8. The van der Waals surface area contributed by atoms with E-state index in [9.17, 15) is 9.00 Å². The molecule has 2 aromatic carbocycles. The van der Waals surface area contributed by atoms with E-state index in [4.69, 9.17) is 0 Å². The predicted octanol–water partition coefficient (Wildman–Crippen LogP) is 2.15. The maximum absolute atomic E-state index is 12.4. The molecule has 0 aromatic heterocycles. The van der Waals surface area contributed by atoms with Crippen LogP contribution in [0.3, 0.4) is 0 Å². The number of nitrogens with zero attached hydrogens (tertiary/aromatic N) is 2. The monoisotopic (exact) mass is 398 g/mol. The molecule has 1 fully saturated rings. The lowest BCUT2D eigenvalue weighted by Crippen LogP contribution is -2.44. The molecule has 1 aliphatic rings. The molecule has 0 radical (unpaired) electrons. The normalized spacial score (nSPS) is 18.2. The number of carbonyl (C=O) groups excluding carboxylic acids is 1. The van der Waals surface area contributed by atoms with Crippen LogP contribution in [0.4, 0.5) is 5.69 Å². The molecule has 0 saturated carbocycles. The summed E-state index contributed by atoms with van der Waals surface area (Å²) in [5.41, 5.74) is 0.914. The molecule has 148 valence electrons. The molecular formula is C21H26N4O2S. The Bertz CT molecular complexity index is 827. The number of hydrogen-bond donors (Lipinski definition) is 2. The van der Waals surface area contributed by atoms with Crippen molar-refractivity contribution in [3.63, 3.8) is 0 Å². The Labute approximate surface area is 168 Å². The van der Waals surface area contributed by atoms with Crippen molar-refractivity contribution < 1.29 is 9.00 Å². The Hall–Kier alpha value is -2.67. The van der Waals surface area contributed by atoms with Crippen LogP contribution in [-0.4, -0.2) is 47.5 Å². The van der Waals surface area contributed by atoms with Gasteiger partial charge in [0, 0.05) is 35.8 Å². The summed E-state index contributed by atoms with van der Waals surface area (Å²) >= 11 is 0. The summed E-state index contributed by atoms with van der Waals surface area (Å²) in [5, 5.41) is 6.54. The average Bonchev–Trinajstić information content (AvgIpc) is 3.09. The summed E-state index contributed by atoms with van der Waals surface area (Å²) in [4.78, 5) is 19.5. The van der Waals surface area contributed by atoms with Crippen LogP contribution in [0, 0.1) is 0 Å². The number of aliphatic imine (C=N–C) groups is 1. The molecule has 0 bridgehead atoms. The van der Waals surface area contributed by atoms with Gasteiger partial charge in [-0.15, -0.1) is 0 Å². The Balaban J connectivity index is 1.56. The first-order chi connectivity index (χ1) is 13.7. The van der Waals surface area contributed by atoms with Crippen LogP contribution < -0.4 is 15.5 Å². The van der Waals surface area contributed by atoms with E-state index in [0.717, 1.165) is 17.1 Å². The van der Waals surface area contributed by atoms with E-state index in [-0.39, 0.29) is 11.9 Å². The van der Waals surface area contributed by atoms with Crippen LogP contribution in [0.2, 0.25) is 0 Å². The standard InChI is InChI=1S/C21H26N4O2S/c1-2-22-21(23-13-14-28(27)19-11-7-4-8-12-19)24-17-15-20(26)25(16-17)18-9-5-3-6-10-18/h3-12,17H,2,13-16H2,1H3,(H2,22,23,24). The van der Waals surface area contributed by atoms with Gasteiger partial charge in [0.2, 0.25) is 5.91 Å². The fourth-order valence-electron chi connectivity index (χ4n) is 3.11. The van der Waals surface area contributed by atoms with Gasteiger partial charge in [0.1, 0.15) is 0 Å². The molecule has 2 atom stereocenters. The van der Waals surface area contributed by atoms with E-state index in [1.807, 2.05) is 67.6 Å². The number of anilines is 1. The summed E-state index contributed by atoms with van der Waals surface area (Å²) in [7, 11) is -1.07. The molecule has 2 aromatic rings. The van der Waals surface area contributed by atoms with Crippen molar-refractivity contribution in [1.29, 1.82) is 0 Å². The zero-order valence-electron chi connectivity index (χ0n) is 16.0. The lowest BCUT2D eigenvalue weighted by molar-refractivity contribution is -0.117. The third-order valence-corrected chi connectivity index (χ3v) is 5.78. The summed E-state index contributed by atoms with van der Waals surface area (Å²) in [6.07, 6.45) is 0.426. The van der Waals surface area contributed by atoms with Crippen LogP contribution in [0.25, 0.3) is 0 Å². The van der Waals surface area contributed by atoms with Crippen molar-refractivity contribution >= 4 is 28.4 Å². The number of hydrogen-bond acceptors (Lipinski definition) is 3. The topological polar surface area (TPSA) is 73.8 Å². The van der Waals surface area contributed by atoms with Gasteiger partial charge in [-0.05, 0) is 31.2 Å². The maximum Gasteiger partial charge on any atom is 0.229 e. The summed E-state index contributed by atoms with van der Waals surface area (Å²) in [6, 6.07) is 19.1. The van der Waals surface area contributed by atoms with E-state index in [0.29, 0.717) is 31.2 Å². The number of benzene rings is 2. The van der Waals surface area contributed by atoms with Gasteiger partial charge < -0.3 is 15.5 Å². The van der Waals surface area contributed by atoms with E-state index >= 15 is 0 Å². The second kappa shape index (κ2) is 10.0. The lowest BCUT2D eigenvalue weighted by Gasteiger charge is -2.19. The van der Waals surface area contributed by atoms with E-state index in [1.54, 1.807) is 4.90 Å². The Kier molecular flexibility index (Phi) is 7.19. The molecule has 1 amide bonds. The number of amides is 1. The maximum atomic E-state index is 12.4. The highest BCUT2D eigenvalue weighted by molar-refractivity contribution is 7.85. The van der Waals surface area contributed by atoms with Crippen molar-refractivity contribution in [3.05, 3.63) is 60.7 Å². The van der Waals surface area contributed by atoms with Crippen LogP contribution in [0.1, 0.15) is 13.3 Å². The van der Waals surface area contributed by atoms with Gasteiger partial charge in [0.05, 0.1) is 23.4 Å². The second-order valence-corrected chi connectivity index (χ2v) is 8.08. The number of rotatable bonds is 7. The van der Waals surface area contributed by atoms with Gasteiger partial charge in [-0.25, -0.2) is 0 Å². The molecule has 7 heteroatoms. The smallest absolute Gasteiger partial charge is 0.229 e. The minimum absolute atomic E-state index is 0.00914. The molecule has 1 saturated heterocycles.